The third-order valence-corrected chi connectivity index (χ3v) is 6.59. The monoisotopic (exact) mass is 1020 g/mol. The minimum Gasteiger partial charge on any atom is -0.412 e. The number of aliphatic hydroxyl groups excluding tert-OH is 6. The predicted octanol–water partition coefficient (Wildman–Crippen LogP) is 3.18. The number of rotatable bonds is 6. The van der Waals surface area contributed by atoms with Gasteiger partial charge < -0.3 is 66.8 Å². The minimum absolute atomic E-state index is 0. The molecule has 0 fully saturated rings. The van der Waals surface area contributed by atoms with E-state index in [-0.39, 0.29) is 83.4 Å². The third-order valence-electron chi connectivity index (χ3n) is 6.59. The molecule has 6 rings (SSSR count). The van der Waals surface area contributed by atoms with E-state index in [0.29, 0.717) is 33.4 Å². The van der Waals surface area contributed by atoms with Gasteiger partial charge in [0.15, 0.2) is 37.7 Å². The first-order valence-corrected chi connectivity index (χ1v) is 16.3. The molecule has 304 valence electrons. The molecule has 0 amide bonds. The van der Waals surface area contributed by atoms with Crippen LogP contribution < -0.4 is 0 Å². The molecule has 0 unspecified atom stereocenters. The van der Waals surface area contributed by atoms with Gasteiger partial charge in [-0.3, -0.25) is 0 Å². The second kappa shape index (κ2) is 40.7. The Kier molecular flexibility index (Phi) is 45.1. The molecule has 0 aliphatic carbocycles. The summed E-state index contributed by atoms with van der Waals surface area (Å²) in [7, 11) is 0. The largest absolute Gasteiger partial charge is 0.412 e. The SMILES string of the molecule is O.OC(O)c1ccccc1.OC(O)c1ccccc1.OC(O)c1ccccc1.OC(O)c1ccccc1.OC(O)c1ccccc1.OC(O)c1ccccc1.[Zn].[Zn].[Zn].[Zn]. The maximum absolute atomic E-state index is 8.58. The third kappa shape index (κ3) is 32.7. The van der Waals surface area contributed by atoms with Gasteiger partial charge in [-0.05, 0) is 0 Å². The van der Waals surface area contributed by atoms with Crippen molar-refractivity contribution in [3.8, 4) is 0 Å². The van der Waals surface area contributed by atoms with E-state index in [1.54, 1.807) is 146 Å². The Labute approximate surface area is 394 Å². The van der Waals surface area contributed by atoms with Crippen LogP contribution in [0.4, 0.5) is 0 Å². The van der Waals surface area contributed by atoms with Crippen LogP contribution in [0.25, 0.3) is 0 Å². The van der Waals surface area contributed by atoms with Crippen molar-refractivity contribution in [1.82, 2.24) is 0 Å². The average Bonchev–Trinajstić information content (AvgIpc) is 3.21. The Balaban J connectivity index is -0.000000194. The van der Waals surface area contributed by atoms with E-state index in [1.165, 1.54) is 0 Å². The van der Waals surface area contributed by atoms with Crippen LogP contribution in [0.3, 0.4) is 0 Å². The summed E-state index contributed by atoms with van der Waals surface area (Å²) in [6.45, 7) is 0. The molecule has 0 radical (unpaired) electrons. The molecule has 0 aliphatic heterocycles. The number of aliphatic hydroxyl groups is 12. The number of hydrogen-bond acceptors (Lipinski definition) is 12. The zero-order chi connectivity index (χ0) is 40.1. The van der Waals surface area contributed by atoms with E-state index >= 15 is 0 Å². The Morgan fingerprint density at radius 2 is 0.271 bits per heavy atom. The molecular weight excluding hydrogens is 974 g/mol. The summed E-state index contributed by atoms with van der Waals surface area (Å²) in [6, 6.07) is 51.9. The summed E-state index contributed by atoms with van der Waals surface area (Å²) < 4.78 is 0. The summed E-state index contributed by atoms with van der Waals surface area (Å²) in [4.78, 5) is 0. The fraction of sp³-hybridized carbons (Fsp3) is 0.143. The van der Waals surface area contributed by atoms with Gasteiger partial charge >= 0.3 is 0 Å². The fourth-order valence-electron chi connectivity index (χ4n) is 3.75. The number of benzene rings is 6. The molecule has 0 spiro atoms. The van der Waals surface area contributed by atoms with Crippen molar-refractivity contribution in [3.05, 3.63) is 215 Å². The van der Waals surface area contributed by atoms with E-state index < -0.39 is 37.7 Å². The molecule has 6 aromatic carbocycles. The van der Waals surface area contributed by atoms with Gasteiger partial charge in [0.1, 0.15) is 0 Å². The van der Waals surface area contributed by atoms with Crippen LogP contribution >= 0.6 is 0 Å². The summed E-state index contributed by atoms with van der Waals surface area (Å²) in [6.07, 6.45) is -8.05. The normalized spacial score (nSPS) is 9.25. The van der Waals surface area contributed by atoms with Crippen molar-refractivity contribution < 1.29 is 145 Å². The Morgan fingerprint density at radius 3 is 0.322 bits per heavy atom. The molecule has 17 heteroatoms. The Bertz CT molecular complexity index is 1380. The van der Waals surface area contributed by atoms with E-state index in [0.717, 1.165) is 0 Å². The summed E-state index contributed by atoms with van der Waals surface area (Å²) in [5.74, 6) is 0. The van der Waals surface area contributed by atoms with Gasteiger partial charge in [0.05, 0.1) is 0 Å². The van der Waals surface area contributed by atoms with E-state index in [1.807, 2.05) is 36.4 Å². The molecule has 0 atom stereocenters. The molecule has 14 N–H and O–H groups in total. The van der Waals surface area contributed by atoms with E-state index in [9.17, 15) is 0 Å². The topological polar surface area (TPSA) is 274 Å². The summed E-state index contributed by atoms with van der Waals surface area (Å²) in [5, 5.41) is 103. The van der Waals surface area contributed by atoms with Crippen LogP contribution in [0.5, 0.6) is 0 Å². The van der Waals surface area contributed by atoms with Gasteiger partial charge in [-0.15, -0.1) is 0 Å². The maximum atomic E-state index is 8.58. The molecule has 0 aliphatic rings. The van der Waals surface area contributed by atoms with Gasteiger partial charge in [-0.1, -0.05) is 182 Å². The van der Waals surface area contributed by atoms with Crippen LogP contribution in [0.1, 0.15) is 71.1 Å². The molecule has 0 saturated heterocycles. The first kappa shape index (κ1) is 65.4. The molecule has 0 saturated carbocycles. The molecule has 13 nitrogen and oxygen atoms in total. The summed E-state index contributed by atoms with van der Waals surface area (Å²) in [5.41, 5.74) is 3.15. The van der Waals surface area contributed by atoms with Gasteiger partial charge in [0.25, 0.3) is 0 Å². The van der Waals surface area contributed by atoms with E-state index in [2.05, 4.69) is 0 Å². The molecular formula is C42H50O13Zn4. The van der Waals surface area contributed by atoms with Crippen LogP contribution in [0, 0.1) is 0 Å². The quantitative estimate of drug-likeness (QED) is 0.0848. The van der Waals surface area contributed by atoms with Crippen molar-refractivity contribution in [2.24, 2.45) is 0 Å². The van der Waals surface area contributed by atoms with Crippen molar-refractivity contribution >= 4 is 0 Å². The standard InChI is InChI=1S/6C7H8O2.H2O.4Zn/c6*8-7(9)6-4-2-1-3-5-6;;;;;/h6*1-5,7-9H;1H2;;;;. The smallest absolute Gasteiger partial charge is 0.178 e. The van der Waals surface area contributed by atoms with Crippen molar-refractivity contribution in [1.29, 1.82) is 0 Å². The van der Waals surface area contributed by atoms with Crippen LogP contribution in [-0.2, 0) is 77.9 Å². The van der Waals surface area contributed by atoms with Crippen molar-refractivity contribution in [3.63, 3.8) is 0 Å². The Hall–Kier alpha value is -2.71. The van der Waals surface area contributed by atoms with Crippen molar-refractivity contribution in [2.45, 2.75) is 37.7 Å². The van der Waals surface area contributed by atoms with Gasteiger partial charge in [0, 0.05) is 111 Å². The minimum atomic E-state index is -1.34. The maximum Gasteiger partial charge on any atom is 0.178 e. The zero-order valence-electron chi connectivity index (χ0n) is 32.5. The molecule has 0 aromatic heterocycles. The second-order valence-corrected chi connectivity index (χ2v) is 10.7. The van der Waals surface area contributed by atoms with E-state index in [4.69, 9.17) is 61.3 Å². The zero-order valence-corrected chi connectivity index (χ0v) is 44.3. The first-order chi connectivity index (χ1) is 25.8. The van der Waals surface area contributed by atoms with Crippen LogP contribution in [0.2, 0.25) is 0 Å². The van der Waals surface area contributed by atoms with Crippen LogP contribution in [-0.4, -0.2) is 66.8 Å². The van der Waals surface area contributed by atoms with Gasteiger partial charge in [0.2, 0.25) is 0 Å². The van der Waals surface area contributed by atoms with Crippen LogP contribution in [0.15, 0.2) is 182 Å². The molecule has 0 heterocycles. The Morgan fingerprint density at radius 1 is 0.186 bits per heavy atom. The van der Waals surface area contributed by atoms with Crippen molar-refractivity contribution in [2.75, 3.05) is 0 Å². The average molecular weight is 1020 g/mol. The molecule has 59 heavy (non-hydrogen) atoms. The predicted molar refractivity (Wildman–Crippen MR) is 205 cm³/mol. The first-order valence-electron chi connectivity index (χ1n) is 16.3. The molecule has 0 bridgehead atoms. The molecule has 6 aromatic rings. The second-order valence-electron chi connectivity index (χ2n) is 10.7. The fourth-order valence-corrected chi connectivity index (χ4v) is 3.75. The van der Waals surface area contributed by atoms with Gasteiger partial charge in [-0.2, -0.15) is 0 Å². The summed E-state index contributed by atoms with van der Waals surface area (Å²) >= 11 is 0. The van der Waals surface area contributed by atoms with Gasteiger partial charge in [-0.25, -0.2) is 0 Å². The number of hydrogen-bond donors (Lipinski definition) is 12.